The Morgan fingerprint density at radius 3 is 2.83 bits per heavy atom. The fourth-order valence-electron chi connectivity index (χ4n) is 2.06. The number of aliphatic hydroxyl groups excluding tert-OH is 1. The molecule has 1 saturated heterocycles. The predicted molar refractivity (Wildman–Crippen MR) is 68.2 cm³/mol. The number of benzene rings is 1. The van der Waals surface area contributed by atoms with Crippen LogP contribution in [0.4, 0.5) is 4.39 Å². The Morgan fingerprint density at radius 1 is 1.44 bits per heavy atom. The second kappa shape index (κ2) is 6.48. The first kappa shape index (κ1) is 13.7. The monoisotopic (exact) mass is 273 g/mol. The van der Waals surface area contributed by atoms with Crippen LogP contribution in [-0.4, -0.2) is 30.9 Å². The Morgan fingerprint density at radius 2 is 2.17 bits per heavy atom. The number of nitrogens with one attached hydrogen (secondary N) is 1. The molecular formula is C13H17ClFNO2. The van der Waals surface area contributed by atoms with Gasteiger partial charge >= 0.3 is 0 Å². The average molecular weight is 274 g/mol. The van der Waals surface area contributed by atoms with Crippen LogP contribution in [-0.2, 0) is 4.74 Å². The van der Waals surface area contributed by atoms with E-state index in [1.165, 1.54) is 12.1 Å². The minimum Gasteiger partial charge on any atom is -0.387 e. The summed E-state index contributed by atoms with van der Waals surface area (Å²) in [6.45, 7) is 1.81. The molecule has 1 aliphatic heterocycles. The fraction of sp³-hybridized carbons (Fsp3) is 0.538. The van der Waals surface area contributed by atoms with Gasteiger partial charge in [-0.15, -0.1) is 0 Å². The van der Waals surface area contributed by atoms with E-state index in [4.69, 9.17) is 16.3 Å². The van der Waals surface area contributed by atoms with Gasteiger partial charge in [0, 0.05) is 36.4 Å². The van der Waals surface area contributed by atoms with E-state index in [1.54, 1.807) is 6.07 Å². The molecule has 1 aromatic carbocycles. The van der Waals surface area contributed by atoms with Crippen molar-refractivity contribution in [2.75, 3.05) is 19.8 Å². The molecule has 0 radical (unpaired) electrons. The van der Waals surface area contributed by atoms with Crippen molar-refractivity contribution in [1.29, 1.82) is 0 Å². The maximum atomic E-state index is 13.6. The van der Waals surface area contributed by atoms with Crippen LogP contribution in [0.2, 0.25) is 5.02 Å². The molecule has 2 N–H and O–H groups in total. The van der Waals surface area contributed by atoms with Crippen molar-refractivity contribution in [3.05, 3.63) is 34.6 Å². The van der Waals surface area contributed by atoms with Gasteiger partial charge in [0.2, 0.25) is 0 Å². The SMILES string of the molecule is OC(CNC1CCOCC1)c1ccc(Cl)cc1F. The Kier molecular flexibility index (Phi) is 4.95. The minimum absolute atomic E-state index is 0.277. The second-order valence-corrected chi connectivity index (χ2v) is 4.91. The topological polar surface area (TPSA) is 41.5 Å². The van der Waals surface area contributed by atoms with Crippen LogP contribution in [0.1, 0.15) is 24.5 Å². The van der Waals surface area contributed by atoms with Gasteiger partial charge in [-0.2, -0.15) is 0 Å². The third-order valence-electron chi connectivity index (χ3n) is 3.14. The highest BCUT2D eigenvalue weighted by molar-refractivity contribution is 6.30. The molecule has 1 fully saturated rings. The van der Waals surface area contributed by atoms with E-state index in [9.17, 15) is 9.50 Å². The normalized spacial score (nSPS) is 18.8. The summed E-state index contributed by atoms with van der Waals surface area (Å²) < 4.78 is 18.8. The maximum absolute atomic E-state index is 13.6. The lowest BCUT2D eigenvalue weighted by Crippen LogP contribution is -2.37. The molecule has 5 heteroatoms. The summed E-state index contributed by atoms with van der Waals surface area (Å²) in [6.07, 6.45) is 0.996. The summed E-state index contributed by atoms with van der Waals surface area (Å²) in [4.78, 5) is 0. The van der Waals surface area contributed by atoms with Crippen LogP contribution < -0.4 is 5.32 Å². The highest BCUT2D eigenvalue weighted by atomic mass is 35.5. The maximum Gasteiger partial charge on any atom is 0.130 e. The van der Waals surface area contributed by atoms with E-state index in [1.807, 2.05) is 0 Å². The molecule has 3 nitrogen and oxygen atoms in total. The molecule has 1 aliphatic rings. The first-order valence-corrected chi connectivity index (χ1v) is 6.49. The lowest BCUT2D eigenvalue weighted by atomic mass is 10.1. The van der Waals surface area contributed by atoms with E-state index >= 15 is 0 Å². The quantitative estimate of drug-likeness (QED) is 0.884. The average Bonchev–Trinajstić information content (AvgIpc) is 2.37. The van der Waals surface area contributed by atoms with E-state index < -0.39 is 11.9 Å². The zero-order valence-corrected chi connectivity index (χ0v) is 10.8. The number of rotatable bonds is 4. The standard InChI is InChI=1S/C13H17ClFNO2/c14-9-1-2-11(12(15)7-9)13(17)8-16-10-3-5-18-6-4-10/h1-2,7,10,13,16-17H,3-6,8H2. The molecule has 100 valence electrons. The van der Waals surface area contributed by atoms with E-state index in [0.717, 1.165) is 26.1 Å². The molecule has 1 atom stereocenters. The van der Waals surface area contributed by atoms with Crippen LogP contribution in [0.25, 0.3) is 0 Å². The molecule has 18 heavy (non-hydrogen) atoms. The molecule has 0 spiro atoms. The van der Waals surface area contributed by atoms with Gasteiger partial charge in [0.1, 0.15) is 5.82 Å². The summed E-state index contributed by atoms with van der Waals surface area (Å²) in [7, 11) is 0. The first-order chi connectivity index (χ1) is 8.66. The van der Waals surface area contributed by atoms with E-state index in [0.29, 0.717) is 17.6 Å². The van der Waals surface area contributed by atoms with Gasteiger partial charge in [0.25, 0.3) is 0 Å². The highest BCUT2D eigenvalue weighted by Crippen LogP contribution is 2.20. The largest absolute Gasteiger partial charge is 0.387 e. The van der Waals surface area contributed by atoms with Crippen molar-refractivity contribution in [2.45, 2.75) is 25.0 Å². The summed E-state index contributed by atoms with van der Waals surface area (Å²) >= 11 is 5.67. The van der Waals surface area contributed by atoms with Crippen LogP contribution in [0.5, 0.6) is 0 Å². The van der Waals surface area contributed by atoms with E-state index in [2.05, 4.69) is 5.32 Å². The molecular weight excluding hydrogens is 257 g/mol. The fourth-order valence-corrected chi connectivity index (χ4v) is 2.22. The zero-order valence-electron chi connectivity index (χ0n) is 10.0. The number of hydrogen-bond acceptors (Lipinski definition) is 3. The Balaban J connectivity index is 1.88. The van der Waals surface area contributed by atoms with Crippen LogP contribution in [0, 0.1) is 5.82 Å². The van der Waals surface area contributed by atoms with Crippen LogP contribution >= 0.6 is 11.6 Å². The third-order valence-corrected chi connectivity index (χ3v) is 3.38. The number of halogens is 2. The highest BCUT2D eigenvalue weighted by Gasteiger charge is 2.17. The molecule has 0 aromatic heterocycles. The molecule has 0 aliphatic carbocycles. The van der Waals surface area contributed by atoms with Gasteiger partial charge in [-0.05, 0) is 25.0 Å². The minimum atomic E-state index is -0.856. The third kappa shape index (κ3) is 3.65. The molecule has 2 rings (SSSR count). The van der Waals surface area contributed by atoms with Gasteiger partial charge < -0.3 is 15.2 Å². The summed E-state index contributed by atoms with van der Waals surface area (Å²) in [5, 5.41) is 13.5. The van der Waals surface area contributed by atoms with Gasteiger partial charge in [0.15, 0.2) is 0 Å². The predicted octanol–water partition coefficient (Wildman–Crippen LogP) is 2.28. The van der Waals surface area contributed by atoms with Crippen molar-refractivity contribution in [3.8, 4) is 0 Å². The Hall–Kier alpha value is -0.680. The van der Waals surface area contributed by atoms with Gasteiger partial charge in [-0.1, -0.05) is 17.7 Å². The van der Waals surface area contributed by atoms with Gasteiger partial charge in [0.05, 0.1) is 6.10 Å². The number of ether oxygens (including phenoxy) is 1. The Labute approximate surface area is 111 Å². The molecule has 0 bridgehead atoms. The van der Waals surface area contributed by atoms with Crippen molar-refractivity contribution >= 4 is 11.6 Å². The van der Waals surface area contributed by atoms with Gasteiger partial charge in [-0.25, -0.2) is 4.39 Å². The molecule has 0 amide bonds. The Bertz CT molecular complexity index is 397. The molecule has 0 saturated carbocycles. The summed E-state index contributed by atoms with van der Waals surface area (Å²) in [5.41, 5.74) is 0.277. The van der Waals surface area contributed by atoms with Crippen molar-refractivity contribution in [2.24, 2.45) is 0 Å². The molecule has 1 heterocycles. The smallest absolute Gasteiger partial charge is 0.130 e. The molecule has 1 unspecified atom stereocenters. The van der Waals surface area contributed by atoms with Crippen molar-refractivity contribution < 1.29 is 14.2 Å². The second-order valence-electron chi connectivity index (χ2n) is 4.48. The molecule has 1 aromatic rings. The summed E-state index contributed by atoms with van der Waals surface area (Å²) in [5.74, 6) is -0.469. The lowest BCUT2D eigenvalue weighted by molar-refractivity contribution is 0.0721. The number of aliphatic hydroxyl groups is 1. The van der Waals surface area contributed by atoms with Crippen LogP contribution in [0.3, 0.4) is 0 Å². The lowest BCUT2D eigenvalue weighted by Gasteiger charge is -2.24. The van der Waals surface area contributed by atoms with E-state index in [-0.39, 0.29) is 5.56 Å². The summed E-state index contributed by atoms with van der Waals surface area (Å²) in [6, 6.07) is 4.66. The van der Waals surface area contributed by atoms with Gasteiger partial charge in [-0.3, -0.25) is 0 Å². The zero-order chi connectivity index (χ0) is 13.0. The first-order valence-electron chi connectivity index (χ1n) is 6.11. The van der Waals surface area contributed by atoms with Crippen molar-refractivity contribution in [3.63, 3.8) is 0 Å². The van der Waals surface area contributed by atoms with Crippen LogP contribution in [0.15, 0.2) is 18.2 Å². The number of hydrogen-bond donors (Lipinski definition) is 2. The van der Waals surface area contributed by atoms with Crippen molar-refractivity contribution in [1.82, 2.24) is 5.32 Å².